The van der Waals surface area contributed by atoms with Gasteiger partial charge in [0.25, 0.3) is 0 Å². The Labute approximate surface area is 123 Å². The number of aliphatic hydroxyl groups is 1. The van der Waals surface area contributed by atoms with Gasteiger partial charge in [0, 0.05) is 11.4 Å². The van der Waals surface area contributed by atoms with Crippen molar-refractivity contribution >= 4 is 27.4 Å². The van der Waals surface area contributed by atoms with Crippen molar-refractivity contribution in [3.63, 3.8) is 0 Å². The summed E-state index contributed by atoms with van der Waals surface area (Å²) in [4.78, 5) is 11.4. The molecule has 1 aliphatic rings. The van der Waals surface area contributed by atoms with Crippen molar-refractivity contribution in [2.45, 2.75) is 45.6 Å². The van der Waals surface area contributed by atoms with E-state index in [1.54, 1.807) is 6.33 Å². The van der Waals surface area contributed by atoms with Gasteiger partial charge in [-0.3, -0.25) is 0 Å². The number of hydrogen-bond donors (Lipinski definition) is 2. The van der Waals surface area contributed by atoms with Crippen LogP contribution in [-0.4, -0.2) is 27.7 Å². The third-order valence-corrected chi connectivity index (χ3v) is 5.11. The molecule has 2 aromatic rings. The van der Waals surface area contributed by atoms with Crippen molar-refractivity contribution in [1.82, 2.24) is 9.97 Å². The van der Waals surface area contributed by atoms with Crippen LogP contribution in [0, 0.1) is 5.92 Å². The largest absolute Gasteiger partial charge is 0.393 e. The molecule has 2 N–H and O–H groups in total. The summed E-state index contributed by atoms with van der Waals surface area (Å²) < 4.78 is 0. The number of nitrogens with zero attached hydrogens (tertiary/aromatic N) is 2. The third kappa shape index (κ3) is 2.65. The lowest BCUT2D eigenvalue weighted by molar-refractivity contribution is 0.188. The summed E-state index contributed by atoms with van der Waals surface area (Å²) in [5.74, 6) is 1.71. The van der Waals surface area contributed by atoms with Gasteiger partial charge < -0.3 is 10.4 Å². The normalized spacial score (nSPS) is 19.9. The molecule has 3 rings (SSSR count). The highest BCUT2D eigenvalue weighted by molar-refractivity contribution is 7.19. The summed E-state index contributed by atoms with van der Waals surface area (Å²) in [6, 6.07) is 0. The first-order valence-electron chi connectivity index (χ1n) is 7.32. The van der Waals surface area contributed by atoms with E-state index in [0.29, 0.717) is 0 Å². The van der Waals surface area contributed by atoms with Gasteiger partial charge in [0.05, 0.1) is 11.5 Å². The highest BCUT2D eigenvalue weighted by Gasteiger charge is 2.22. The zero-order chi connectivity index (χ0) is 14.1. The van der Waals surface area contributed by atoms with Crippen LogP contribution in [0.4, 0.5) is 5.82 Å². The lowest BCUT2D eigenvalue weighted by Crippen LogP contribution is -2.12. The van der Waals surface area contributed by atoms with Crippen molar-refractivity contribution in [3.8, 4) is 0 Å². The first-order valence-corrected chi connectivity index (χ1v) is 8.14. The van der Waals surface area contributed by atoms with Crippen molar-refractivity contribution in [3.05, 3.63) is 16.8 Å². The molecule has 2 atom stereocenters. The van der Waals surface area contributed by atoms with E-state index >= 15 is 0 Å². The summed E-state index contributed by atoms with van der Waals surface area (Å²) in [6.45, 7) is 4.87. The molecule has 0 aromatic carbocycles. The molecule has 0 saturated heterocycles. The first kappa shape index (κ1) is 13.8. The number of nitrogens with one attached hydrogen (secondary N) is 1. The van der Waals surface area contributed by atoms with Crippen LogP contribution >= 0.6 is 11.3 Å². The van der Waals surface area contributed by atoms with E-state index in [-0.39, 0.29) is 6.10 Å². The molecule has 0 amide bonds. The zero-order valence-corrected chi connectivity index (χ0v) is 12.8. The molecule has 0 spiro atoms. The molecular weight excluding hydrogens is 270 g/mol. The highest BCUT2D eigenvalue weighted by Crippen LogP contribution is 2.39. The Kier molecular flexibility index (Phi) is 3.89. The second-order valence-corrected chi connectivity index (χ2v) is 6.90. The molecule has 0 saturated carbocycles. The zero-order valence-electron chi connectivity index (χ0n) is 12.0. The minimum absolute atomic E-state index is 0.280. The third-order valence-electron chi connectivity index (χ3n) is 3.95. The van der Waals surface area contributed by atoms with Crippen LogP contribution in [0.25, 0.3) is 10.2 Å². The van der Waals surface area contributed by atoms with Crippen LogP contribution in [0.5, 0.6) is 0 Å². The SMILES string of the molecule is C[C@@H]1CCc2c(sc3ncnc(NCC[C@H](C)O)c23)C1. The van der Waals surface area contributed by atoms with Gasteiger partial charge in [-0.1, -0.05) is 6.92 Å². The van der Waals surface area contributed by atoms with Gasteiger partial charge in [0.1, 0.15) is 17.0 Å². The number of aryl methyl sites for hydroxylation is 1. The van der Waals surface area contributed by atoms with E-state index in [1.807, 2.05) is 18.3 Å². The number of hydrogen-bond acceptors (Lipinski definition) is 5. The van der Waals surface area contributed by atoms with Gasteiger partial charge in [0.15, 0.2) is 0 Å². The smallest absolute Gasteiger partial charge is 0.138 e. The standard InChI is InChI=1S/C15H21N3OS/c1-9-3-4-11-12(7-9)20-15-13(11)14(17-8-18-15)16-6-5-10(2)19/h8-10,19H,3-7H2,1-2H3,(H,16,17,18)/t9-,10+/m1/s1. The van der Waals surface area contributed by atoms with Gasteiger partial charge >= 0.3 is 0 Å². The number of aliphatic hydroxyl groups excluding tert-OH is 1. The average molecular weight is 291 g/mol. The molecule has 2 heterocycles. The average Bonchev–Trinajstić information content (AvgIpc) is 2.76. The first-order chi connectivity index (χ1) is 9.65. The van der Waals surface area contributed by atoms with E-state index < -0.39 is 0 Å². The predicted molar refractivity (Wildman–Crippen MR) is 83.4 cm³/mol. The maximum absolute atomic E-state index is 9.35. The maximum Gasteiger partial charge on any atom is 0.138 e. The lowest BCUT2D eigenvalue weighted by atomic mass is 9.89. The Morgan fingerprint density at radius 1 is 1.50 bits per heavy atom. The van der Waals surface area contributed by atoms with E-state index in [2.05, 4.69) is 22.2 Å². The number of fused-ring (bicyclic) bond motifs is 3. The number of anilines is 1. The van der Waals surface area contributed by atoms with Crippen LogP contribution in [0.1, 0.15) is 37.1 Å². The van der Waals surface area contributed by atoms with Crippen LogP contribution in [0.3, 0.4) is 0 Å². The Morgan fingerprint density at radius 2 is 2.35 bits per heavy atom. The maximum atomic E-state index is 9.35. The summed E-state index contributed by atoms with van der Waals surface area (Å²) in [5.41, 5.74) is 1.45. The van der Waals surface area contributed by atoms with Crippen LogP contribution in [-0.2, 0) is 12.8 Å². The number of rotatable bonds is 4. The summed E-state index contributed by atoms with van der Waals surface area (Å²) in [6.07, 6.45) is 5.64. The van der Waals surface area contributed by atoms with Crippen LogP contribution in [0.15, 0.2) is 6.33 Å². The van der Waals surface area contributed by atoms with Crippen molar-refractivity contribution in [2.24, 2.45) is 5.92 Å². The highest BCUT2D eigenvalue weighted by atomic mass is 32.1. The summed E-state index contributed by atoms with van der Waals surface area (Å²) in [7, 11) is 0. The van der Waals surface area contributed by atoms with E-state index in [0.717, 1.165) is 36.0 Å². The molecule has 5 heteroatoms. The molecule has 4 nitrogen and oxygen atoms in total. The van der Waals surface area contributed by atoms with Crippen LogP contribution in [0.2, 0.25) is 0 Å². The Bertz CT molecular complexity index is 608. The minimum Gasteiger partial charge on any atom is -0.393 e. The van der Waals surface area contributed by atoms with E-state index in [4.69, 9.17) is 0 Å². The second-order valence-electron chi connectivity index (χ2n) is 5.82. The molecule has 2 aromatic heterocycles. The molecule has 0 unspecified atom stereocenters. The van der Waals surface area contributed by atoms with Crippen molar-refractivity contribution in [2.75, 3.05) is 11.9 Å². The molecule has 0 aliphatic heterocycles. The number of thiophene rings is 1. The van der Waals surface area contributed by atoms with E-state index in [1.165, 1.54) is 28.7 Å². The lowest BCUT2D eigenvalue weighted by Gasteiger charge is -2.18. The summed E-state index contributed by atoms with van der Waals surface area (Å²) >= 11 is 1.82. The van der Waals surface area contributed by atoms with Crippen LogP contribution < -0.4 is 5.32 Å². The van der Waals surface area contributed by atoms with Gasteiger partial charge in [-0.15, -0.1) is 11.3 Å². The molecule has 1 aliphatic carbocycles. The van der Waals surface area contributed by atoms with Gasteiger partial charge in [-0.05, 0) is 44.1 Å². The number of aromatic nitrogens is 2. The van der Waals surface area contributed by atoms with Gasteiger partial charge in [-0.2, -0.15) is 0 Å². The molecule has 0 fully saturated rings. The molecule has 20 heavy (non-hydrogen) atoms. The molecule has 108 valence electrons. The summed E-state index contributed by atoms with van der Waals surface area (Å²) in [5, 5.41) is 13.9. The monoisotopic (exact) mass is 291 g/mol. The van der Waals surface area contributed by atoms with Gasteiger partial charge in [-0.25, -0.2) is 9.97 Å². The fourth-order valence-corrected chi connectivity index (χ4v) is 4.16. The molecule has 0 radical (unpaired) electrons. The fraction of sp³-hybridized carbons (Fsp3) is 0.600. The van der Waals surface area contributed by atoms with Crippen molar-refractivity contribution in [1.29, 1.82) is 0 Å². The fourth-order valence-electron chi connectivity index (χ4n) is 2.81. The second kappa shape index (κ2) is 5.66. The van der Waals surface area contributed by atoms with E-state index in [9.17, 15) is 5.11 Å². The predicted octanol–water partition coefficient (Wildman–Crippen LogP) is 3.00. The Balaban J connectivity index is 1.92. The Morgan fingerprint density at radius 3 is 3.15 bits per heavy atom. The molecular formula is C15H21N3OS. The topological polar surface area (TPSA) is 58.0 Å². The van der Waals surface area contributed by atoms with Crippen molar-refractivity contribution < 1.29 is 5.11 Å². The molecule has 0 bridgehead atoms. The van der Waals surface area contributed by atoms with Gasteiger partial charge in [0.2, 0.25) is 0 Å². The Hall–Kier alpha value is -1.20. The minimum atomic E-state index is -0.280. The quantitative estimate of drug-likeness (QED) is 0.909.